The smallest absolute Gasteiger partial charge is 0.313 e. The zero-order valence-corrected chi connectivity index (χ0v) is 13.1. The Morgan fingerprint density at radius 3 is 2.78 bits per heavy atom. The molecule has 2 N–H and O–H groups in total. The third-order valence-electron chi connectivity index (χ3n) is 4.56. The average molecular weight is 306 g/mol. The lowest BCUT2D eigenvalue weighted by atomic mass is 10.0. The van der Waals surface area contributed by atoms with Crippen molar-refractivity contribution in [2.45, 2.75) is 26.4 Å². The molecule has 0 saturated carbocycles. The van der Waals surface area contributed by atoms with E-state index in [0.29, 0.717) is 6.54 Å². The van der Waals surface area contributed by atoms with Gasteiger partial charge >= 0.3 is 6.03 Å². The highest BCUT2D eigenvalue weighted by Gasteiger charge is 2.28. The van der Waals surface area contributed by atoms with E-state index in [1.165, 1.54) is 0 Å². The molecule has 1 aromatic heterocycles. The molecular formula is C18H18N4O. The van der Waals surface area contributed by atoms with Crippen molar-refractivity contribution < 1.29 is 4.79 Å². The lowest BCUT2D eigenvalue weighted by Gasteiger charge is -2.34. The number of rotatable bonds is 2. The van der Waals surface area contributed by atoms with Gasteiger partial charge in [0.15, 0.2) is 0 Å². The Morgan fingerprint density at radius 1 is 1.22 bits per heavy atom. The number of aryl methyl sites for hydroxylation is 1. The molecule has 0 unspecified atom stereocenters. The van der Waals surface area contributed by atoms with Gasteiger partial charge in [-0.2, -0.15) is 5.10 Å². The molecule has 3 aromatic rings. The predicted molar refractivity (Wildman–Crippen MR) is 90.2 cm³/mol. The number of nitrogens with zero attached hydrogens (tertiary/aromatic N) is 2. The summed E-state index contributed by atoms with van der Waals surface area (Å²) < 4.78 is 0. The topological polar surface area (TPSA) is 61.0 Å². The van der Waals surface area contributed by atoms with Crippen LogP contribution in [-0.4, -0.2) is 21.1 Å². The molecule has 116 valence electrons. The number of aromatic nitrogens is 2. The molecule has 0 fully saturated rings. The van der Waals surface area contributed by atoms with Crippen molar-refractivity contribution >= 4 is 22.6 Å². The largest absolute Gasteiger partial charge is 0.322 e. The lowest BCUT2D eigenvalue weighted by Crippen LogP contribution is -2.40. The molecule has 5 nitrogen and oxygen atoms in total. The van der Waals surface area contributed by atoms with Gasteiger partial charge in [-0.05, 0) is 37.1 Å². The summed E-state index contributed by atoms with van der Waals surface area (Å²) in [6.07, 6.45) is 0. The van der Waals surface area contributed by atoms with Crippen LogP contribution in [-0.2, 0) is 6.54 Å². The van der Waals surface area contributed by atoms with E-state index in [0.717, 1.165) is 33.4 Å². The number of urea groups is 1. The van der Waals surface area contributed by atoms with E-state index >= 15 is 0 Å². The molecule has 1 aliphatic rings. The summed E-state index contributed by atoms with van der Waals surface area (Å²) in [6, 6.07) is 14.1. The highest BCUT2D eigenvalue weighted by atomic mass is 16.2. The van der Waals surface area contributed by atoms with Gasteiger partial charge in [0.05, 0.1) is 18.1 Å². The highest BCUT2D eigenvalue weighted by molar-refractivity contribution is 5.96. The summed E-state index contributed by atoms with van der Waals surface area (Å²) in [5, 5.41) is 11.4. The van der Waals surface area contributed by atoms with E-state index in [-0.39, 0.29) is 12.1 Å². The second kappa shape index (κ2) is 5.12. The average Bonchev–Trinajstić information content (AvgIpc) is 2.93. The van der Waals surface area contributed by atoms with Gasteiger partial charge in [0.1, 0.15) is 0 Å². The number of fused-ring (bicyclic) bond motifs is 2. The van der Waals surface area contributed by atoms with Crippen molar-refractivity contribution in [1.29, 1.82) is 0 Å². The third-order valence-corrected chi connectivity index (χ3v) is 4.56. The van der Waals surface area contributed by atoms with Crippen LogP contribution in [0.5, 0.6) is 0 Å². The molecule has 23 heavy (non-hydrogen) atoms. The normalized spacial score (nSPS) is 15.4. The first-order chi connectivity index (χ1) is 11.1. The Bertz CT molecular complexity index is 885. The monoisotopic (exact) mass is 306 g/mol. The molecule has 1 atom stereocenters. The van der Waals surface area contributed by atoms with E-state index in [4.69, 9.17) is 0 Å². The highest BCUT2D eigenvalue weighted by Crippen LogP contribution is 2.32. The van der Waals surface area contributed by atoms with Gasteiger partial charge in [-0.15, -0.1) is 0 Å². The maximum absolute atomic E-state index is 12.5. The molecule has 2 amide bonds. The third kappa shape index (κ3) is 2.25. The molecule has 0 saturated heterocycles. The molecular weight excluding hydrogens is 288 g/mol. The van der Waals surface area contributed by atoms with Crippen LogP contribution < -0.4 is 5.32 Å². The number of carbonyl (C=O) groups excluding carboxylic acids is 1. The first-order valence-electron chi connectivity index (χ1n) is 7.73. The van der Waals surface area contributed by atoms with E-state index in [9.17, 15) is 4.79 Å². The van der Waals surface area contributed by atoms with Gasteiger partial charge < -0.3 is 10.2 Å². The van der Waals surface area contributed by atoms with Gasteiger partial charge in [-0.3, -0.25) is 5.10 Å². The second-order valence-corrected chi connectivity index (χ2v) is 6.02. The zero-order chi connectivity index (χ0) is 16.0. The summed E-state index contributed by atoms with van der Waals surface area (Å²) in [6.45, 7) is 4.66. The van der Waals surface area contributed by atoms with Crippen molar-refractivity contribution in [1.82, 2.24) is 15.1 Å². The minimum Gasteiger partial charge on any atom is -0.313 e. The van der Waals surface area contributed by atoms with Gasteiger partial charge in [0.2, 0.25) is 0 Å². The molecule has 0 spiro atoms. The minimum atomic E-state index is -0.0690. The van der Waals surface area contributed by atoms with Crippen LogP contribution in [0.4, 0.5) is 10.5 Å². The molecule has 2 heterocycles. The Balaban J connectivity index is 1.72. The number of hydrogen-bond acceptors (Lipinski definition) is 2. The van der Waals surface area contributed by atoms with Crippen LogP contribution >= 0.6 is 0 Å². The summed E-state index contributed by atoms with van der Waals surface area (Å²) in [5.74, 6) is 0. The number of carbonyl (C=O) groups is 1. The molecule has 1 aliphatic heterocycles. The first kappa shape index (κ1) is 13.8. The Hall–Kier alpha value is -2.82. The minimum absolute atomic E-state index is 0.0190. The maximum Gasteiger partial charge on any atom is 0.322 e. The van der Waals surface area contributed by atoms with Crippen LogP contribution in [0.15, 0.2) is 42.5 Å². The lowest BCUT2D eigenvalue weighted by molar-refractivity contribution is 0.186. The molecule has 5 heteroatoms. The predicted octanol–water partition coefficient (Wildman–Crippen LogP) is 3.98. The van der Waals surface area contributed by atoms with E-state index < -0.39 is 0 Å². The molecule has 0 bridgehead atoms. The fourth-order valence-corrected chi connectivity index (χ4v) is 3.14. The number of aromatic amines is 1. The SMILES string of the molecule is Cc1[nH]nc2cc3c(cc12)CN([C@H](C)c1ccccc1)C(=O)N3. The van der Waals surface area contributed by atoms with Crippen LogP contribution in [0.1, 0.15) is 29.8 Å². The van der Waals surface area contributed by atoms with Crippen molar-refractivity contribution in [2.75, 3.05) is 5.32 Å². The van der Waals surface area contributed by atoms with Crippen LogP contribution in [0.2, 0.25) is 0 Å². The molecule has 2 aromatic carbocycles. The Kier molecular flexibility index (Phi) is 3.08. The van der Waals surface area contributed by atoms with Gasteiger partial charge in [-0.1, -0.05) is 30.3 Å². The van der Waals surface area contributed by atoms with Crippen LogP contribution in [0.3, 0.4) is 0 Å². The summed E-state index contributed by atoms with van der Waals surface area (Å²) in [4.78, 5) is 14.4. The van der Waals surface area contributed by atoms with E-state index in [1.54, 1.807) is 0 Å². The molecule has 0 aliphatic carbocycles. The van der Waals surface area contributed by atoms with E-state index in [2.05, 4.69) is 40.6 Å². The number of benzene rings is 2. The maximum atomic E-state index is 12.5. The van der Waals surface area contributed by atoms with Crippen LogP contribution in [0, 0.1) is 6.92 Å². The molecule has 0 radical (unpaired) electrons. The Morgan fingerprint density at radius 2 is 2.00 bits per heavy atom. The first-order valence-corrected chi connectivity index (χ1v) is 7.73. The fourth-order valence-electron chi connectivity index (χ4n) is 3.14. The number of nitrogens with one attached hydrogen (secondary N) is 2. The van der Waals surface area contributed by atoms with Gasteiger partial charge in [-0.25, -0.2) is 4.79 Å². The number of amides is 2. The van der Waals surface area contributed by atoms with Crippen molar-refractivity contribution in [3.05, 3.63) is 59.3 Å². The summed E-state index contributed by atoms with van der Waals surface area (Å²) in [5.41, 5.74) is 5.02. The van der Waals surface area contributed by atoms with Crippen molar-refractivity contribution in [3.63, 3.8) is 0 Å². The standard InChI is InChI=1S/C18H18N4O/c1-11-15-8-14-10-22(12(2)13-6-4-3-5-7-13)18(23)19-16(14)9-17(15)21-20-11/h3-9,12H,10H2,1-2H3,(H,19,23)(H,20,21)/t12-/m1/s1. The number of hydrogen-bond donors (Lipinski definition) is 2. The number of H-pyrrole nitrogens is 1. The van der Waals surface area contributed by atoms with E-state index in [1.807, 2.05) is 36.1 Å². The summed E-state index contributed by atoms with van der Waals surface area (Å²) in [7, 11) is 0. The second-order valence-electron chi connectivity index (χ2n) is 6.02. The number of anilines is 1. The zero-order valence-electron chi connectivity index (χ0n) is 13.1. The van der Waals surface area contributed by atoms with Gasteiger partial charge in [0.25, 0.3) is 0 Å². The van der Waals surface area contributed by atoms with Gasteiger partial charge in [0, 0.05) is 16.8 Å². The van der Waals surface area contributed by atoms with Crippen LogP contribution in [0.25, 0.3) is 10.9 Å². The summed E-state index contributed by atoms with van der Waals surface area (Å²) >= 11 is 0. The van der Waals surface area contributed by atoms with Crippen molar-refractivity contribution in [2.24, 2.45) is 0 Å². The molecule has 4 rings (SSSR count). The fraction of sp³-hybridized carbons (Fsp3) is 0.222. The Labute approximate surface area is 134 Å². The van der Waals surface area contributed by atoms with Crippen molar-refractivity contribution in [3.8, 4) is 0 Å². The quantitative estimate of drug-likeness (QED) is 0.752.